The molecule has 1 saturated heterocycles. The quantitative estimate of drug-likeness (QED) is 0.433. The van der Waals surface area contributed by atoms with E-state index < -0.39 is 36.3 Å². The molecule has 2 rings (SSSR count). The lowest BCUT2D eigenvalue weighted by molar-refractivity contribution is -0.0624. The molecule has 1 fully saturated rings. The predicted molar refractivity (Wildman–Crippen MR) is 63.7 cm³/mol. The summed E-state index contributed by atoms with van der Waals surface area (Å²) in [5, 5.41) is 29.2. The Kier molecular flexibility index (Phi) is 3.30. The number of hydrogen-bond donors (Lipinski definition) is 4. The Balaban J connectivity index is 2.43. The minimum atomic E-state index is -2.08. The number of hydrogen-bond acceptors (Lipinski definition) is 7. The Labute approximate surface area is 108 Å². The number of aliphatic hydroxyl groups excluding tert-OH is 2. The summed E-state index contributed by atoms with van der Waals surface area (Å²) in [5.41, 5.74) is 2.50. The van der Waals surface area contributed by atoms with Crippen molar-refractivity contribution in [3.63, 3.8) is 0 Å². The Bertz CT molecular complexity index is 580. The maximum Gasteiger partial charge on any atom is 0.351 e. The van der Waals surface area contributed by atoms with Crippen molar-refractivity contribution in [1.29, 1.82) is 0 Å². The Morgan fingerprint density at radius 2 is 2.37 bits per heavy atom. The van der Waals surface area contributed by atoms with Crippen LogP contribution in [0.1, 0.15) is 6.23 Å². The molecule has 19 heavy (non-hydrogen) atoms. The third kappa shape index (κ3) is 1.98. The van der Waals surface area contributed by atoms with Crippen LogP contribution in [-0.2, 0) is 4.74 Å². The SMILES string of the molecule is C#CC1(O)C(O)[C@H](n2ccc(N)nc2=O)O[C@@H]1CO. The molecule has 1 aromatic rings. The van der Waals surface area contributed by atoms with Crippen LogP contribution >= 0.6 is 0 Å². The summed E-state index contributed by atoms with van der Waals surface area (Å²) < 4.78 is 6.17. The number of nitrogens with zero attached hydrogens (tertiary/aromatic N) is 2. The van der Waals surface area contributed by atoms with E-state index in [2.05, 4.69) is 4.98 Å². The van der Waals surface area contributed by atoms with Gasteiger partial charge in [-0.25, -0.2) is 4.79 Å². The second-order valence-corrected chi connectivity index (χ2v) is 4.15. The molecular formula is C11H13N3O5. The predicted octanol–water partition coefficient (Wildman–Crippen LogP) is -2.56. The molecule has 0 spiro atoms. The fourth-order valence-corrected chi connectivity index (χ4v) is 1.95. The molecule has 0 bridgehead atoms. The number of aliphatic hydroxyl groups is 3. The third-order valence-electron chi connectivity index (χ3n) is 3.04. The third-order valence-corrected chi connectivity index (χ3v) is 3.04. The van der Waals surface area contributed by atoms with Crippen LogP contribution in [0.4, 0.5) is 5.82 Å². The van der Waals surface area contributed by atoms with E-state index in [0.717, 1.165) is 4.57 Å². The van der Waals surface area contributed by atoms with Crippen molar-refractivity contribution >= 4 is 5.82 Å². The highest BCUT2D eigenvalue weighted by molar-refractivity contribution is 5.24. The maximum atomic E-state index is 11.7. The van der Waals surface area contributed by atoms with Gasteiger partial charge in [-0.2, -0.15) is 4.98 Å². The Morgan fingerprint density at radius 3 is 2.84 bits per heavy atom. The molecule has 8 nitrogen and oxygen atoms in total. The summed E-state index contributed by atoms with van der Waals surface area (Å²) in [6, 6.07) is 1.33. The molecule has 2 heterocycles. The standard InChI is InChI=1S/C11H13N3O5/c1-2-11(18)6(5-15)19-9(8(11)16)14-4-3-7(12)13-10(14)17/h1,3-4,6,8-9,15-16,18H,5H2,(H2,12,13,17)/t6-,8?,9-,11?/m1/s1. The van der Waals surface area contributed by atoms with Gasteiger partial charge in [0.2, 0.25) is 0 Å². The molecule has 0 aromatic carbocycles. The van der Waals surface area contributed by atoms with E-state index in [1.54, 1.807) is 0 Å². The van der Waals surface area contributed by atoms with Crippen molar-refractivity contribution in [1.82, 2.24) is 9.55 Å². The first kappa shape index (κ1) is 13.5. The number of rotatable bonds is 2. The summed E-state index contributed by atoms with van der Waals surface area (Å²) in [6.45, 7) is -0.606. The van der Waals surface area contributed by atoms with E-state index in [4.69, 9.17) is 22.0 Å². The first-order valence-electron chi connectivity index (χ1n) is 5.43. The smallest absolute Gasteiger partial charge is 0.351 e. The minimum Gasteiger partial charge on any atom is -0.394 e. The van der Waals surface area contributed by atoms with Crippen LogP contribution in [0.2, 0.25) is 0 Å². The highest BCUT2D eigenvalue weighted by atomic mass is 16.6. The van der Waals surface area contributed by atoms with Crippen LogP contribution in [0.3, 0.4) is 0 Å². The average Bonchev–Trinajstić information content (AvgIpc) is 2.63. The molecule has 0 amide bonds. The number of nitrogen functional groups attached to an aromatic ring is 1. The van der Waals surface area contributed by atoms with E-state index in [-0.39, 0.29) is 5.82 Å². The zero-order chi connectivity index (χ0) is 14.2. The van der Waals surface area contributed by atoms with Gasteiger partial charge in [0.1, 0.15) is 18.0 Å². The molecule has 2 unspecified atom stereocenters. The van der Waals surface area contributed by atoms with Crippen molar-refractivity contribution in [3.05, 3.63) is 22.7 Å². The Morgan fingerprint density at radius 1 is 1.68 bits per heavy atom. The van der Waals surface area contributed by atoms with Crippen molar-refractivity contribution in [3.8, 4) is 12.3 Å². The number of terminal acetylenes is 1. The van der Waals surface area contributed by atoms with Crippen molar-refractivity contribution < 1.29 is 20.1 Å². The van der Waals surface area contributed by atoms with Gasteiger partial charge >= 0.3 is 5.69 Å². The van der Waals surface area contributed by atoms with Crippen molar-refractivity contribution in [2.45, 2.75) is 24.0 Å². The van der Waals surface area contributed by atoms with Crippen LogP contribution in [0.15, 0.2) is 17.1 Å². The minimum absolute atomic E-state index is 0.0136. The fourth-order valence-electron chi connectivity index (χ4n) is 1.95. The lowest BCUT2D eigenvalue weighted by Gasteiger charge is -2.23. The van der Waals surface area contributed by atoms with Gasteiger partial charge in [0.15, 0.2) is 11.8 Å². The Hall–Kier alpha value is -1.92. The highest BCUT2D eigenvalue weighted by Gasteiger charge is 2.55. The van der Waals surface area contributed by atoms with Gasteiger partial charge in [-0.3, -0.25) is 4.57 Å². The summed E-state index contributed by atoms with van der Waals surface area (Å²) >= 11 is 0. The van der Waals surface area contributed by atoms with E-state index in [1.807, 2.05) is 5.92 Å². The average molecular weight is 267 g/mol. The summed E-state index contributed by atoms with van der Waals surface area (Å²) in [7, 11) is 0. The molecule has 4 atom stereocenters. The molecule has 0 saturated carbocycles. The molecule has 1 aliphatic heterocycles. The molecule has 8 heteroatoms. The fraction of sp³-hybridized carbons (Fsp3) is 0.455. The van der Waals surface area contributed by atoms with Gasteiger partial charge < -0.3 is 25.8 Å². The van der Waals surface area contributed by atoms with Gasteiger partial charge in [0.05, 0.1) is 6.61 Å². The molecule has 1 aliphatic rings. The van der Waals surface area contributed by atoms with E-state index in [9.17, 15) is 15.0 Å². The number of nitrogens with two attached hydrogens (primary N) is 1. The van der Waals surface area contributed by atoms with E-state index >= 15 is 0 Å². The second kappa shape index (κ2) is 4.64. The molecule has 5 N–H and O–H groups in total. The van der Waals surface area contributed by atoms with Crippen molar-refractivity contribution in [2.75, 3.05) is 12.3 Å². The molecule has 102 valence electrons. The summed E-state index contributed by atoms with van der Waals surface area (Å²) in [4.78, 5) is 15.1. The first-order valence-corrected chi connectivity index (χ1v) is 5.43. The lowest BCUT2D eigenvalue weighted by Crippen LogP contribution is -2.48. The lowest BCUT2D eigenvalue weighted by atomic mass is 9.93. The van der Waals surface area contributed by atoms with Gasteiger partial charge in [-0.1, -0.05) is 5.92 Å². The van der Waals surface area contributed by atoms with Crippen LogP contribution < -0.4 is 11.4 Å². The molecular weight excluding hydrogens is 254 g/mol. The van der Waals surface area contributed by atoms with Gasteiger partial charge in [-0.05, 0) is 6.07 Å². The van der Waals surface area contributed by atoms with Crippen LogP contribution in [0, 0.1) is 12.3 Å². The zero-order valence-electron chi connectivity index (χ0n) is 9.80. The van der Waals surface area contributed by atoms with E-state index in [0.29, 0.717) is 0 Å². The highest BCUT2D eigenvalue weighted by Crippen LogP contribution is 2.35. The normalized spacial score (nSPS) is 34.1. The van der Waals surface area contributed by atoms with Crippen LogP contribution in [0.5, 0.6) is 0 Å². The largest absolute Gasteiger partial charge is 0.394 e. The number of ether oxygens (including phenoxy) is 1. The summed E-state index contributed by atoms with van der Waals surface area (Å²) in [6.07, 6.45) is 2.37. The summed E-state index contributed by atoms with van der Waals surface area (Å²) in [5.74, 6) is 2.00. The topological polar surface area (TPSA) is 131 Å². The molecule has 0 aliphatic carbocycles. The first-order chi connectivity index (χ1) is 8.93. The second-order valence-electron chi connectivity index (χ2n) is 4.15. The monoisotopic (exact) mass is 267 g/mol. The van der Waals surface area contributed by atoms with Crippen molar-refractivity contribution in [2.24, 2.45) is 0 Å². The zero-order valence-corrected chi connectivity index (χ0v) is 9.80. The molecule has 1 aromatic heterocycles. The maximum absolute atomic E-state index is 11.7. The number of aromatic nitrogens is 2. The number of anilines is 1. The van der Waals surface area contributed by atoms with Gasteiger partial charge in [0, 0.05) is 6.20 Å². The van der Waals surface area contributed by atoms with Crippen LogP contribution in [-0.4, -0.2) is 49.3 Å². The van der Waals surface area contributed by atoms with E-state index in [1.165, 1.54) is 12.3 Å². The van der Waals surface area contributed by atoms with Gasteiger partial charge in [-0.15, -0.1) is 6.42 Å². The van der Waals surface area contributed by atoms with Gasteiger partial charge in [0.25, 0.3) is 0 Å². The van der Waals surface area contributed by atoms with Crippen LogP contribution in [0.25, 0.3) is 0 Å². The molecule has 0 radical (unpaired) electrons.